The number of carbonyl (C=O) groups excluding carboxylic acids is 1. The van der Waals surface area contributed by atoms with E-state index in [1.807, 2.05) is 0 Å². The van der Waals surface area contributed by atoms with Gasteiger partial charge in [0.05, 0.1) is 5.41 Å². The number of hydrogen-bond donors (Lipinski definition) is 0. The molecule has 1 saturated heterocycles. The Balaban J connectivity index is 1.35. The van der Waals surface area contributed by atoms with E-state index in [4.69, 9.17) is 9.51 Å². The number of hydrogen-bond acceptors (Lipinski definition) is 4. The lowest BCUT2D eigenvalue weighted by molar-refractivity contribution is -0.135. The molecular weight excluding hydrogens is 314 g/mol. The fraction of sp³-hybridized carbons (Fsp3) is 0.750. The Morgan fingerprint density at radius 3 is 3.00 bits per heavy atom. The summed E-state index contributed by atoms with van der Waals surface area (Å²) in [6, 6.07) is 0. The van der Waals surface area contributed by atoms with Gasteiger partial charge in [-0.05, 0) is 56.8 Å². The highest BCUT2D eigenvalue weighted by atomic mass is 16.5. The first-order valence-electron chi connectivity index (χ1n) is 10.0. The van der Waals surface area contributed by atoms with E-state index in [1.165, 1.54) is 25.7 Å². The zero-order chi connectivity index (χ0) is 16.9. The summed E-state index contributed by atoms with van der Waals surface area (Å²) in [5.41, 5.74) is -0.0744. The average Bonchev–Trinajstić information content (AvgIpc) is 3.03. The lowest BCUT2D eigenvalue weighted by Gasteiger charge is -2.27. The van der Waals surface area contributed by atoms with Crippen LogP contribution in [0.5, 0.6) is 0 Å². The van der Waals surface area contributed by atoms with E-state index in [0.717, 1.165) is 62.8 Å². The number of carbonyl (C=O) groups is 1. The maximum absolute atomic E-state index is 13.0. The molecule has 0 spiro atoms. The number of fused-ring (bicyclic) bond motifs is 1. The van der Waals surface area contributed by atoms with Gasteiger partial charge in [-0.2, -0.15) is 4.98 Å². The van der Waals surface area contributed by atoms with Gasteiger partial charge in [0, 0.05) is 25.4 Å². The molecule has 1 aromatic heterocycles. The monoisotopic (exact) mass is 341 g/mol. The van der Waals surface area contributed by atoms with Gasteiger partial charge in [-0.1, -0.05) is 23.7 Å². The predicted octanol–water partition coefficient (Wildman–Crippen LogP) is 3.26. The molecule has 3 aliphatic carbocycles. The highest BCUT2D eigenvalue weighted by Crippen LogP contribution is 2.50. The fourth-order valence-electron chi connectivity index (χ4n) is 5.20. The van der Waals surface area contributed by atoms with Crippen LogP contribution in [-0.4, -0.2) is 34.0 Å². The molecule has 2 heterocycles. The van der Waals surface area contributed by atoms with Crippen LogP contribution in [-0.2, 0) is 16.6 Å². The van der Waals surface area contributed by atoms with Crippen molar-refractivity contribution >= 4 is 5.91 Å². The van der Waals surface area contributed by atoms with Crippen molar-refractivity contribution in [2.75, 3.05) is 13.1 Å². The predicted molar refractivity (Wildman–Crippen MR) is 92.8 cm³/mol. The van der Waals surface area contributed by atoms with Crippen LogP contribution in [0.1, 0.15) is 63.1 Å². The molecule has 4 aliphatic rings. The molecule has 0 aromatic carbocycles. The van der Waals surface area contributed by atoms with Crippen LogP contribution >= 0.6 is 0 Å². The zero-order valence-corrected chi connectivity index (χ0v) is 14.8. The minimum atomic E-state index is -0.0744. The molecule has 134 valence electrons. The van der Waals surface area contributed by atoms with Gasteiger partial charge in [-0.3, -0.25) is 4.79 Å². The number of likely N-dealkylation sites (tertiary alicyclic amines) is 1. The van der Waals surface area contributed by atoms with E-state index in [9.17, 15) is 4.79 Å². The Bertz CT molecular complexity index is 693. The van der Waals surface area contributed by atoms with Gasteiger partial charge < -0.3 is 9.42 Å². The first kappa shape index (κ1) is 15.6. The van der Waals surface area contributed by atoms with Gasteiger partial charge in [0.2, 0.25) is 11.8 Å². The minimum absolute atomic E-state index is 0.0744. The summed E-state index contributed by atoms with van der Waals surface area (Å²) < 4.78 is 5.75. The number of aromatic nitrogens is 2. The minimum Gasteiger partial charge on any atom is -0.341 e. The van der Waals surface area contributed by atoms with E-state index < -0.39 is 0 Å². The van der Waals surface area contributed by atoms with Gasteiger partial charge >= 0.3 is 0 Å². The molecular formula is C20H27N3O2. The van der Waals surface area contributed by atoms with Gasteiger partial charge in [0.15, 0.2) is 5.82 Å². The summed E-state index contributed by atoms with van der Waals surface area (Å²) in [5, 5.41) is 4.26. The molecule has 0 N–H and O–H groups in total. The quantitative estimate of drug-likeness (QED) is 0.789. The van der Waals surface area contributed by atoms with Gasteiger partial charge in [0.25, 0.3) is 0 Å². The van der Waals surface area contributed by atoms with Crippen molar-refractivity contribution in [2.45, 2.75) is 63.2 Å². The first-order chi connectivity index (χ1) is 12.2. The molecule has 2 saturated carbocycles. The molecule has 5 rings (SSSR count). The Labute approximate surface area is 148 Å². The Kier molecular flexibility index (Phi) is 3.72. The van der Waals surface area contributed by atoms with Crippen LogP contribution in [0.15, 0.2) is 16.7 Å². The second-order valence-electron chi connectivity index (χ2n) is 8.61. The van der Waals surface area contributed by atoms with Crippen molar-refractivity contribution < 1.29 is 9.32 Å². The van der Waals surface area contributed by atoms with Crippen molar-refractivity contribution in [1.82, 2.24) is 15.0 Å². The van der Waals surface area contributed by atoms with Crippen molar-refractivity contribution in [2.24, 2.45) is 17.8 Å². The summed E-state index contributed by atoms with van der Waals surface area (Å²) in [7, 11) is 0. The summed E-state index contributed by atoms with van der Waals surface area (Å²) in [6.45, 7) is 1.65. The number of rotatable bonds is 4. The van der Waals surface area contributed by atoms with Crippen LogP contribution in [0.2, 0.25) is 0 Å². The van der Waals surface area contributed by atoms with E-state index >= 15 is 0 Å². The molecule has 1 aliphatic heterocycles. The Hall–Kier alpha value is -1.65. The second-order valence-corrected chi connectivity index (χ2v) is 8.61. The van der Waals surface area contributed by atoms with E-state index in [1.54, 1.807) is 0 Å². The molecule has 1 aromatic rings. The molecule has 25 heavy (non-hydrogen) atoms. The van der Waals surface area contributed by atoms with Crippen molar-refractivity contribution in [1.29, 1.82) is 0 Å². The van der Waals surface area contributed by atoms with Gasteiger partial charge in [-0.25, -0.2) is 0 Å². The van der Waals surface area contributed by atoms with Crippen molar-refractivity contribution in [3.63, 3.8) is 0 Å². The maximum atomic E-state index is 13.0. The topological polar surface area (TPSA) is 59.2 Å². The molecule has 3 atom stereocenters. The van der Waals surface area contributed by atoms with Crippen molar-refractivity contribution in [3.05, 3.63) is 23.9 Å². The molecule has 1 unspecified atom stereocenters. The molecule has 0 bridgehead atoms. The number of allylic oxidation sites excluding steroid dienone is 2. The fourth-order valence-corrected chi connectivity index (χ4v) is 5.20. The molecule has 0 radical (unpaired) electrons. The van der Waals surface area contributed by atoms with E-state index in [-0.39, 0.29) is 11.3 Å². The van der Waals surface area contributed by atoms with Gasteiger partial charge in [-0.15, -0.1) is 0 Å². The van der Waals surface area contributed by atoms with E-state index in [2.05, 4.69) is 22.2 Å². The second kappa shape index (κ2) is 5.96. The summed E-state index contributed by atoms with van der Waals surface area (Å²) in [5.74, 6) is 3.46. The van der Waals surface area contributed by atoms with Crippen LogP contribution in [0.4, 0.5) is 0 Å². The van der Waals surface area contributed by atoms with Crippen molar-refractivity contribution in [3.8, 4) is 0 Å². The molecule has 1 amide bonds. The normalized spacial score (nSPS) is 34.5. The Morgan fingerprint density at radius 1 is 1.28 bits per heavy atom. The Morgan fingerprint density at radius 2 is 2.20 bits per heavy atom. The highest BCUT2D eigenvalue weighted by molar-refractivity contribution is 5.79. The maximum Gasteiger partial charge on any atom is 0.235 e. The van der Waals surface area contributed by atoms with Crippen LogP contribution in [0, 0.1) is 17.8 Å². The lowest BCUT2D eigenvalue weighted by atomic mass is 9.80. The van der Waals surface area contributed by atoms with Crippen LogP contribution in [0.25, 0.3) is 0 Å². The standard InChI is InChI=1S/C20H27N3O2/c24-18(15-5-2-1-3-6-15)23-12-16-7-4-10-20(16,13-23)19-21-17(22-25-19)11-14-8-9-14/h1-2,14-16H,3-13H2/t15?,16-,20-/m1/s1. The number of nitrogens with zero attached hydrogens (tertiary/aromatic N) is 3. The molecule has 5 heteroatoms. The van der Waals surface area contributed by atoms with Crippen LogP contribution < -0.4 is 0 Å². The average molecular weight is 341 g/mol. The highest BCUT2D eigenvalue weighted by Gasteiger charge is 2.55. The summed E-state index contributed by atoms with van der Waals surface area (Å²) in [6.07, 6.45) is 14.3. The largest absolute Gasteiger partial charge is 0.341 e. The summed E-state index contributed by atoms with van der Waals surface area (Å²) >= 11 is 0. The first-order valence-corrected chi connectivity index (χ1v) is 10.0. The van der Waals surface area contributed by atoms with Crippen LogP contribution in [0.3, 0.4) is 0 Å². The lowest BCUT2D eigenvalue weighted by Crippen LogP contribution is -2.38. The van der Waals surface area contributed by atoms with Gasteiger partial charge in [0.1, 0.15) is 0 Å². The molecule has 5 nitrogen and oxygen atoms in total. The third-order valence-corrected chi connectivity index (χ3v) is 6.86. The zero-order valence-electron chi connectivity index (χ0n) is 14.8. The third kappa shape index (κ3) is 2.72. The summed E-state index contributed by atoms with van der Waals surface area (Å²) in [4.78, 5) is 19.9. The smallest absolute Gasteiger partial charge is 0.235 e. The SMILES string of the molecule is O=C(C1CC=CCC1)N1C[C@H]2CCC[C@@]2(c2nc(CC3CC3)no2)C1. The van der Waals surface area contributed by atoms with E-state index in [0.29, 0.717) is 11.8 Å². The molecule has 3 fully saturated rings. The number of amides is 1. The third-order valence-electron chi connectivity index (χ3n) is 6.86.